The SMILES string of the molecule is Cc1nn(CC(C)C)cc1CC(=O)O. The highest BCUT2D eigenvalue weighted by molar-refractivity contribution is 5.70. The van der Waals surface area contributed by atoms with Gasteiger partial charge in [0.25, 0.3) is 0 Å². The minimum atomic E-state index is -0.808. The van der Waals surface area contributed by atoms with Crippen molar-refractivity contribution in [2.75, 3.05) is 0 Å². The molecule has 4 heteroatoms. The quantitative estimate of drug-likeness (QED) is 0.793. The van der Waals surface area contributed by atoms with Crippen LogP contribution in [0.1, 0.15) is 25.1 Å². The molecule has 0 saturated carbocycles. The molecule has 1 aromatic rings. The van der Waals surface area contributed by atoms with E-state index in [-0.39, 0.29) is 6.42 Å². The monoisotopic (exact) mass is 196 g/mol. The molecule has 0 atom stereocenters. The zero-order valence-electron chi connectivity index (χ0n) is 8.82. The number of aryl methyl sites for hydroxylation is 1. The van der Waals surface area contributed by atoms with Crippen molar-refractivity contribution in [2.45, 2.75) is 33.7 Å². The summed E-state index contributed by atoms with van der Waals surface area (Å²) in [5.74, 6) is -0.288. The highest BCUT2D eigenvalue weighted by atomic mass is 16.4. The van der Waals surface area contributed by atoms with Crippen molar-refractivity contribution in [3.05, 3.63) is 17.5 Å². The Kier molecular flexibility index (Phi) is 3.28. The van der Waals surface area contributed by atoms with E-state index in [0.29, 0.717) is 5.92 Å². The summed E-state index contributed by atoms with van der Waals surface area (Å²) < 4.78 is 1.82. The standard InChI is InChI=1S/C10H16N2O2/c1-7(2)5-12-6-9(4-10(13)14)8(3)11-12/h6-7H,4-5H2,1-3H3,(H,13,14). The van der Waals surface area contributed by atoms with Crippen molar-refractivity contribution in [1.82, 2.24) is 9.78 Å². The third kappa shape index (κ3) is 2.87. The van der Waals surface area contributed by atoms with Gasteiger partial charge in [0.05, 0.1) is 12.1 Å². The van der Waals surface area contributed by atoms with Gasteiger partial charge in [-0.25, -0.2) is 0 Å². The van der Waals surface area contributed by atoms with Gasteiger partial charge in [-0.05, 0) is 12.8 Å². The maximum Gasteiger partial charge on any atom is 0.307 e. The lowest BCUT2D eigenvalue weighted by molar-refractivity contribution is -0.136. The first-order valence-electron chi connectivity index (χ1n) is 4.73. The predicted octanol–water partition coefficient (Wildman–Crippen LogP) is 1.47. The van der Waals surface area contributed by atoms with Gasteiger partial charge < -0.3 is 5.11 Å². The maximum absolute atomic E-state index is 10.5. The lowest BCUT2D eigenvalue weighted by Crippen LogP contribution is -2.04. The zero-order valence-corrected chi connectivity index (χ0v) is 8.82. The van der Waals surface area contributed by atoms with Crippen LogP contribution in [0.3, 0.4) is 0 Å². The average molecular weight is 196 g/mol. The van der Waals surface area contributed by atoms with E-state index in [0.717, 1.165) is 17.8 Å². The number of nitrogens with zero attached hydrogens (tertiary/aromatic N) is 2. The summed E-state index contributed by atoms with van der Waals surface area (Å²) in [5.41, 5.74) is 1.62. The summed E-state index contributed by atoms with van der Waals surface area (Å²) >= 11 is 0. The summed E-state index contributed by atoms with van der Waals surface area (Å²) in [6, 6.07) is 0. The second-order valence-electron chi connectivity index (χ2n) is 3.93. The number of hydrogen-bond acceptors (Lipinski definition) is 2. The Morgan fingerprint density at radius 2 is 2.29 bits per heavy atom. The van der Waals surface area contributed by atoms with Crippen LogP contribution in [0.5, 0.6) is 0 Å². The highest BCUT2D eigenvalue weighted by Gasteiger charge is 2.08. The van der Waals surface area contributed by atoms with Crippen LogP contribution in [-0.4, -0.2) is 20.9 Å². The second-order valence-corrected chi connectivity index (χ2v) is 3.93. The second kappa shape index (κ2) is 4.26. The molecule has 1 rings (SSSR count). The molecular formula is C10H16N2O2. The van der Waals surface area contributed by atoms with E-state index in [1.807, 2.05) is 17.8 Å². The topological polar surface area (TPSA) is 55.1 Å². The minimum Gasteiger partial charge on any atom is -0.481 e. The van der Waals surface area contributed by atoms with Crippen molar-refractivity contribution in [3.8, 4) is 0 Å². The molecule has 0 bridgehead atoms. The molecule has 1 N–H and O–H groups in total. The zero-order chi connectivity index (χ0) is 10.7. The fourth-order valence-corrected chi connectivity index (χ4v) is 1.36. The Balaban J connectivity index is 2.76. The molecule has 0 amide bonds. The molecule has 0 aliphatic heterocycles. The number of hydrogen-bond donors (Lipinski definition) is 1. The molecule has 0 aromatic carbocycles. The molecule has 0 radical (unpaired) electrons. The number of aromatic nitrogens is 2. The minimum absolute atomic E-state index is 0.0595. The Hall–Kier alpha value is -1.32. The average Bonchev–Trinajstić information content (AvgIpc) is 2.28. The van der Waals surface area contributed by atoms with Gasteiger partial charge in [0, 0.05) is 18.3 Å². The molecule has 0 aliphatic rings. The molecular weight excluding hydrogens is 180 g/mol. The van der Waals surface area contributed by atoms with Crippen LogP contribution in [-0.2, 0) is 17.8 Å². The highest BCUT2D eigenvalue weighted by Crippen LogP contribution is 2.08. The first kappa shape index (κ1) is 10.8. The molecule has 4 nitrogen and oxygen atoms in total. The molecule has 0 spiro atoms. The molecule has 1 aromatic heterocycles. The van der Waals surface area contributed by atoms with Gasteiger partial charge in [-0.15, -0.1) is 0 Å². The first-order chi connectivity index (χ1) is 6.49. The van der Waals surface area contributed by atoms with Crippen molar-refractivity contribution in [3.63, 3.8) is 0 Å². The molecule has 0 fully saturated rings. The van der Waals surface area contributed by atoms with E-state index in [1.54, 1.807) is 0 Å². The van der Waals surface area contributed by atoms with Gasteiger partial charge in [-0.3, -0.25) is 9.48 Å². The number of carboxylic acid groups (broad SMARTS) is 1. The van der Waals surface area contributed by atoms with Crippen LogP contribution >= 0.6 is 0 Å². The molecule has 78 valence electrons. The molecule has 0 aliphatic carbocycles. The lowest BCUT2D eigenvalue weighted by atomic mass is 10.2. The number of carboxylic acids is 1. The van der Waals surface area contributed by atoms with Crippen molar-refractivity contribution in [2.24, 2.45) is 5.92 Å². The third-order valence-electron chi connectivity index (χ3n) is 1.94. The Labute approximate surface area is 83.5 Å². The first-order valence-corrected chi connectivity index (χ1v) is 4.73. The van der Waals surface area contributed by atoms with E-state index in [4.69, 9.17) is 5.11 Å². The van der Waals surface area contributed by atoms with E-state index in [1.165, 1.54) is 0 Å². The summed E-state index contributed by atoms with van der Waals surface area (Å²) in [5, 5.41) is 12.9. The Morgan fingerprint density at radius 1 is 1.64 bits per heavy atom. The van der Waals surface area contributed by atoms with Crippen molar-refractivity contribution < 1.29 is 9.90 Å². The fourth-order valence-electron chi connectivity index (χ4n) is 1.36. The van der Waals surface area contributed by atoms with Crippen LogP contribution in [0.15, 0.2) is 6.20 Å². The number of aliphatic carboxylic acids is 1. The van der Waals surface area contributed by atoms with Gasteiger partial charge in [0.1, 0.15) is 0 Å². The number of rotatable bonds is 4. The summed E-state index contributed by atoms with van der Waals surface area (Å²) in [4.78, 5) is 10.5. The normalized spacial score (nSPS) is 10.9. The molecule has 14 heavy (non-hydrogen) atoms. The van der Waals surface area contributed by atoms with Crippen LogP contribution in [0.2, 0.25) is 0 Å². The van der Waals surface area contributed by atoms with Gasteiger partial charge >= 0.3 is 5.97 Å². The van der Waals surface area contributed by atoms with E-state index < -0.39 is 5.97 Å². The van der Waals surface area contributed by atoms with Gasteiger partial charge in [-0.2, -0.15) is 5.10 Å². The molecule has 0 unspecified atom stereocenters. The van der Waals surface area contributed by atoms with E-state index in [9.17, 15) is 4.79 Å². The van der Waals surface area contributed by atoms with Gasteiger partial charge in [0.15, 0.2) is 0 Å². The van der Waals surface area contributed by atoms with Crippen molar-refractivity contribution >= 4 is 5.97 Å². The lowest BCUT2D eigenvalue weighted by Gasteiger charge is -2.03. The largest absolute Gasteiger partial charge is 0.481 e. The van der Waals surface area contributed by atoms with Crippen LogP contribution in [0.25, 0.3) is 0 Å². The van der Waals surface area contributed by atoms with Crippen LogP contribution < -0.4 is 0 Å². The smallest absolute Gasteiger partial charge is 0.307 e. The summed E-state index contributed by atoms with van der Waals surface area (Å²) in [6.07, 6.45) is 1.88. The van der Waals surface area contributed by atoms with Gasteiger partial charge in [-0.1, -0.05) is 13.8 Å². The Bertz CT molecular complexity index is 329. The summed E-state index contributed by atoms with van der Waals surface area (Å²) in [7, 11) is 0. The third-order valence-corrected chi connectivity index (χ3v) is 1.94. The number of carbonyl (C=O) groups is 1. The molecule has 1 heterocycles. The summed E-state index contributed by atoms with van der Waals surface area (Å²) in [6.45, 7) is 6.89. The van der Waals surface area contributed by atoms with E-state index >= 15 is 0 Å². The van der Waals surface area contributed by atoms with Gasteiger partial charge in [0.2, 0.25) is 0 Å². The van der Waals surface area contributed by atoms with Crippen molar-refractivity contribution in [1.29, 1.82) is 0 Å². The van der Waals surface area contributed by atoms with E-state index in [2.05, 4.69) is 18.9 Å². The fraction of sp³-hybridized carbons (Fsp3) is 0.600. The maximum atomic E-state index is 10.5. The van der Waals surface area contributed by atoms with Crippen LogP contribution in [0, 0.1) is 12.8 Å². The Morgan fingerprint density at radius 3 is 2.79 bits per heavy atom. The molecule has 0 saturated heterocycles. The van der Waals surface area contributed by atoms with Crippen LogP contribution in [0.4, 0.5) is 0 Å². The predicted molar refractivity (Wildman–Crippen MR) is 53.1 cm³/mol.